The minimum atomic E-state index is -0.623. The van der Waals surface area contributed by atoms with E-state index in [1.807, 2.05) is 0 Å². The predicted octanol–water partition coefficient (Wildman–Crippen LogP) is 2.00. The smallest absolute Gasteiger partial charge is 0.343 e. The van der Waals surface area contributed by atoms with Gasteiger partial charge in [0.15, 0.2) is 11.5 Å². The van der Waals surface area contributed by atoms with Gasteiger partial charge in [-0.3, -0.25) is 0 Å². The lowest BCUT2D eigenvalue weighted by Crippen LogP contribution is -2.11. The first-order valence-corrected chi connectivity index (χ1v) is 6.50. The normalized spacial score (nSPS) is 10.4. The van der Waals surface area contributed by atoms with Crippen LogP contribution in [0.5, 0.6) is 17.2 Å². The molecule has 22 heavy (non-hydrogen) atoms. The molecule has 0 aliphatic heterocycles. The summed E-state index contributed by atoms with van der Waals surface area (Å²) >= 11 is 0. The van der Waals surface area contributed by atoms with Crippen molar-refractivity contribution in [3.63, 3.8) is 0 Å². The SMILES string of the molecule is CCOC(=O)c1coc(=O)c2cc(OC)c(OC)c(OC)c12. The van der Waals surface area contributed by atoms with Crippen LogP contribution in [0.4, 0.5) is 0 Å². The molecule has 1 aromatic heterocycles. The standard InChI is InChI=1S/C15H16O7/c1-5-21-15(17)9-7-22-14(16)8-6-10(18-2)12(19-3)13(20-4)11(8)9/h6-7H,5H2,1-4H3. The third kappa shape index (κ3) is 2.45. The minimum absolute atomic E-state index is 0.0780. The number of esters is 1. The van der Waals surface area contributed by atoms with Gasteiger partial charge < -0.3 is 23.4 Å². The lowest BCUT2D eigenvalue weighted by Gasteiger charge is -2.15. The number of ether oxygens (including phenoxy) is 4. The van der Waals surface area contributed by atoms with Crippen LogP contribution in [0, 0.1) is 0 Å². The molecule has 1 aromatic carbocycles. The first kappa shape index (κ1) is 15.7. The molecule has 0 aliphatic rings. The molecule has 0 aliphatic carbocycles. The van der Waals surface area contributed by atoms with E-state index in [-0.39, 0.29) is 34.4 Å². The van der Waals surface area contributed by atoms with E-state index in [4.69, 9.17) is 23.4 Å². The van der Waals surface area contributed by atoms with Crippen molar-refractivity contribution in [3.8, 4) is 17.2 Å². The summed E-state index contributed by atoms with van der Waals surface area (Å²) in [5, 5.41) is 0.398. The number of fused-ring (bicyclic) bond motifs is 1. The van der Waals surface area contributed by atoms with Gasteiger partial charge in [0.25, 0.3) is 0 Å². The Morgan fingerprint density at radius 1 is 1.14 bits per heavy atom. The molecule has 7 heteroatoms. The molecule has 1 heterocycles. The van der Waals surface area contributed by atoms with Gasteiger partial charge >= 0.3 is 11.6 Å². The van der Waals surface area contributed by atoms with E-state index in [9.17, 15) is 9.59 Å². The molecule has 0 fully saturated rings. The van der Waals surface area contributed by atoms with Crippen LogP contribution in [0.25, 0.3) is 10.8 Å². The third-order valence-corrected chi connectivity index (χ3v) is 3.10. The summed E-state index contributed by atoms with van der Waals surface area (Å²) in [5.41, 5.74) is -0.545. The summed E-state index contributed by atoms with van der Waals surface area (Å²) in [4.78, 5) is 24.1. The van der Waals surface area contributed by atoms with Gasteiger partial charge in [-0.25, -0.2) is 9.59 Å². The molecule has 0 bridgehead atoms. The maximum absolute atomic E-state index is 12.1. The molecule has 0 spiro atoms. The molecule has 7 nitrogen and oxygen atoms in total. The Labute approximate surface area is 126 Å². The Balaban J connectivity index is 2.93. The highest BCUT2D eigenvalue weighted by molar-refractivity contribution is 6.07. The Bertz CT molecular complexity index is 761. The van der Waals surface area contributed by atoms with Crippen LogP contribution in [0.1, 0.15) is 17.3 Å². The van der Waals surface area contributed by atoms with E-state index in [1.165, 1.54) is 27.4 Å². The lowest BCUT2D eigenvalue weighted by molar-refractivity contribution is 0.0525. The van der Waals surface area contributed by atoms with Gasteiger partial charge in [0.2, 0.25) is 5.75 Å². The van der Waals surface area contributed by atoms with Crippen LogP contribution in [-0.2, 0) is 4.74 Å². The molecule has 118 valence electrons. The van der Waals surface area contributed by atoms with Gasteiger partial charge in [-0.15, -0.1) is 0 Å². The van der Waals surface area contributed by atoms with Crippen LogP contribution >= 0.6 is 0 Å². The van der Waals surface area contributed by atoms with Crippen molar-refractivity contribution in [1.29, 1.82) is 0 Å². The Morgan fingerprint density at radius 3 is 2.36 bits per heavy atom. The van der Waals surface area contributed by atoms with Crippen LogP contribution in [0.2, 0.25) is 0 Å². The lowest BCUT2D eigenvalue weighted by atomic mass is 10.1. The summed E-state index contributed by atoms with van der Waals surface area (Å²) in [7, 11) is 4.27. The first-order chi connectivity index (χ1) is 10.6. The maximum atomic E-state index is 12.1. The zero-order chi connectivity index (χ0) is 16.3. The average Bonchev–Trinajstić information content (AvgIpc) is 2.53. The fourth-order valence-corrected chi connectivity index (χ4v) is 2.18. The van der Waals surface area contributed by atoms with E-state index in [1.54, 1.807) is 6.92 Å². The summed E-state index contributed by atoms with van der Waals surface area (Å²) in [6.07, 6.45) is 1.05. The Hall–Kier alpha value is -2.70. The number of carbonyl (C=O) groups excluding carboxylic acids is 1. The second kappa shape index (κ2) is 6.38. The maximum Gasteiger partial charge on any atom is 0.343 e. The van der Waals surface area contributed by atoms with Gasteiger partial charge in [0.05, 0.1) is 38.7 Å². The van der Waals surface area contributed by atoms with Crippen molar-refractivity contribution in [2.24, 2.45) is 0 Å². The number of rotatable bonds is 5. The quantitative estimate of drug-likeness (QED) is 0.781. The van der Waals surface area contributed by atoms with E-state index >= 15 is 0 Å². The number of hydrogen-bond donors (Lipinski definition) is 0. The third-order valence-electron chi connectivity index (χ3n) is 3.10. The molecule has 2 rings (SSSR count). The summed E-state index contributed by atoms with van der Waals surface area (Å²) in [5.74, 6) is 0.142. The molecular weight excluding hydrogens is 292 g/mol. The molecule has 2 aromatic rings. The van der Waals surface area contributed by atoms with Gasteiger partial charge in [-0.05, 0) is 13.0 Å². The highest BCUT2D eigenvalue weighted by Gasteiger charge is 2.24. The first-order valence-electron chi connectivity index (χ1n) is 6.50. The van der Waals surface area contributed by atoms with Gasteiger partial charge in [0, 0.05) is 0 Å². The van der Waals surface area contributed by atoms with E-state index in [0.29, 0.717) is 5.75 Å². The van der Waals surface area contributed by atoms with E-state index < -0.39 is 11.6 Å². The minimum Gasteiger partial charge on any atom is -0.493 e. The van der Waals surface area contributed by atoms with Gasteiger partial charge in [-0.2, -0.15) is 0 Å². The number of hydrogen-bond acceptors (Lipinski definition) is 7. The zero-order valence-corrected chi connectivity index (χ0v) is 12.7. The fraction of sp³-hybridized carbons (Fsp3) is 0.333. The Morgan fingerprint density at radius 2 is 1.82 bits per heavy atom. The molecule has 0 amide bonds. The second-order valence-corrected chi connectivity index (χ2v) is 4.23. The summed E-state index contributed by atoms with van der Waals surface area (Å²) in [6, 6.07) is 1.44. The topological polar surface area (TPSA) is 84.2 Å². The van der Waals surface area contributed by atoms with Crippen molar-refractivity contribution < 1.29 is 28.2 Å². The molecule has 0 saturated heterocycles. The van der Waals surface area contributed by atoms with E-state index in [0.717, 1.165) is 6.26 Å². The van der Waals surface area contributed by atoms with Crippen molar-refractivity contribution in [3.05, 3.63) is 28.3 Å². The van der Waals surface area contributed by atoms with Gasteiger partial charge in [0.1, 0.15) is 11.8 Å². The molecule has 0 unspecified atom stereocenters. The highest BCUT2D eigenvalue weighted by Crippen LogP contribution is 2.43. The second-order valence-electron chi connectivity index (χ2n) is 4.23. The molecule has 0 saturated carbocycles. The van der Waals surface area contributed by atoms with Crippen LogP contribution in [0.15, 0.2) is 21.5 Å². The van der Waals surface area contributed by atoms with Crippen molar-refractivity contribution in [1.82, 2.24) is 0 Å². The molecule has 0 N–H and O–H groups in total. The molecular formula is C15H16O7. The number of benzene rings is 1. The molecule has 0 atom stereocenters. The fourth-order valence-electron chi connectivity index (χ4n) is 2.18. The van der Waals surface area contributed by atoms with Crippen LogP contribution in [0.3, 0.4) is 0 Å². The summed E-state index contributed by atoms with van der Waals surface area (Å²) in [6.45, 7) is 1.87. The van der Waals surface area contributed by atoms with Crippen molar-refractivity contribution in [2.75, 3.05) is 27.9 Å². The van der Waals surface area contributed by atoms with E-state index in [2.05, 4.69) is 0 Å². The van der Waals surface area contributed by atoms with Crippen LogP contribution < -0.4 is 19.8 Å². The number of carbonyl (C=O) groups is 1. The van der Waals surface area contributed by atoms with Crippen molar-refractivity contribution >= 4 is 16.7 Å². The predicted molar refractivity (Wildman–Crippen MR) is 78.1 cm³/mol. The summed E-state index contributed by atoms with van der Waals surface area (Å²) < 4.78 is 25.7. The monoisotopic (exact) mass is 308 g/mol. The van der Waals surface area contributed by atoms with Crippen molar-refractivity contribution in [2.45, 2.75) is 6.92 Å². The average molecular weight is 308 g/mol. The largest absolute Gasteiger partial charge is 0.493 e. The number of methoxy groups -OCH3 is 3. The Kier molecular flexibility index (Phi) is 4.55. The highest BCUT2D eigenvalue weighted by atomic mass is 16.5. The molecule has 0 radical (unpaired) electrons. The van der Waals surface area contributed by atoms with Crippen LogP contribution in [-0.4, -0.2) is 33.9 Å². The zero-order valence-electron chi connectivity index (χ0n) is 12.7. The van der Waals surface area contributed by atoms with Gasteiger partial charge in [-0.1, -0.05) is 0 Å².